The molecule has 0 aliphatic carbocycles. The SMILES string of the molecule is CCOc1ccc(C(=O)N2c3ccccc3Sc3ccccc32)cc1OCC. The first-order chi connectivity index (χ1) is 13.7. The fraction of sp³-hybridized carbons (Fsp3) is 0.174. The number of benzene rings is 3. The van der Waals surface area contributed by atoms with E-state index in [1.807, 2.05) is 62.4 Å². The molecule has 0 bridgehead atoms. The van der Waals surface area contributed by atoms with Gasteiger partial charge in [0.15, 0.2) is 11.5 Å². The van der Waals surface area contributed by atoms with E-state index in [0.717, 1.165) is 21.2 Å². The number of hydrogen-bond donors (Lipinski definition) is 0. The van der Waals surface area contributed by atoms with Gasteiger partial charge in [0.2, 0.25) is 0 Å². The second-order valence-electron chi connectivity index (χ2n) is 6.21. The summed E-state index contributed by atoms with van der Waals surface area (Å²) in [7, 11) is 0. The van der Waals surface area contributed by atoms with Crippen molar-refractivity contribution in [1.82, 2.24) is 0 Å². The average Bonchev–Trinajstić information content (AvgIpc) is 2.73. The zero-order valence-corrected chi connectivity index (χ0v) is 16.7. The molecule has 5 heteroatoms. The molecule has 4 nitrogen and oxygen atoms in total. The smallest absolute Gasteiger partial charge is 0.263 e. The second kappa shape index (κ2) is 7.98. The molecule has 0 saturated heterocycles. The topological polar surface area (TPSA) is 38.8 Å². The second-order valence-corrected chi connectivity index (χ2v) is 7.29. The Morgan fingerprint density at radius 2 is 1.39 bits per heavy atom. The van der Waals surface area contributed by atoms with Crippen LogP contribution in [-0.2, 0) is 0 Å². The number of para-hydroxylation sites is 2. The molecule has 3 aromatic rings. The highest BCUT2D eigenvalue weighted by Crippen LogP contribution is 2.48. The molecule has 142 valence electrons. The predicted molar refractivity (Wildman–Crippen MR) is 112 cm³/mol. The molecule has 0 unspecified atom stereocenters. The third kappa shape index (κ3) is 3.34. The van der Waals surface area contributed by atoms with Gasteiger partial charge in [-0.2, -0.15) is 0 Å². The van der Waals surface area contributed by atoms with Crippen LogP contribution in [0.2, 0.25) is 0 Å². The predicted octanol–water partition coefficient (Wildman–Crippen LogP) is 5.93. The van der Waals surface area contributed by atoms with Crippen molar-refractivity contribution < 1.29 is 14.3 Å². The van der Waals surface area contributed by atoms with Gasteiger partial charge in [0, 0.05) is 15.4 Å². The Kier molecular flexibility index (Phi) is 5.26. The normalized spacial score (nSPS) is 12.1. The molecule has 3 aromatic carbocycles. The molecule has 0 atom stereocenters. The van der Waals surface area contributed by atoms with Crippen molar-refractivity contribution in [2.24, 2.45) is 0 Å². The summed E-state index contributed by atoms with van der Waals surface area (Å²) in [5, 5.41) is 0. The molecule has 0 aromatic heterocycles. The summed E-state index contributed by atoms with van der Waals surface area (Å²) >= 11 is 1.68. The van der Waals surface area contributed by atoms with Gasteiger partial charge >= 0.3 is 0 Å². The summed E-state index contributed by atoms with van der Waals surface area (Å²) in [4.78, 5) is 17.5. The Morgan fingerprint density at radius 3 is 2.00 bits per heavy atom. The average molecular weight is 391 g/mol. The summed E-state index contributed by atoms with van der Waals surface area (Å²) in [5.41, 5.74) is 2.34. The van der Waals surface area contributed by atoms with Crippen LogP contribution in [0.15, 0.2) is 76.5 Å². The molecule has 28 heavy (non-hydrogen) atoms. The van der Waals surface area contributed by atoms with Crippen LogP contribution >= 0.6 is 11.8 Å². The molecule has 1 aliphatic heterocycles. The van der Waals surface area contributed by atoms with E-state index in [1.54, 1.807) is 34.9 Å². The van der Waals surface area contributed by atoms with Crippen LogP contribution in [-0.4, -0.2) is 19.1 Å². The molecule has 0 radical (unpaired) electrons. The largest absolute Gasteiger partial charge is 0.490 e. The molecule has 4 rings (SSSR count). The highest BCUT2D eigenvalue weighted by Gasteiger charge is 2.29. The van der Waals surface area contributed by atoms with E-state index in [2.05, 4.69) is 0 Å². The number of carbonyl (C=O) groups is 1. The minimum absolute atomic E-state index is 0.0933. The maximum absolute atomic E-state index is 13.6. The standard InChI is InChI=1S/C23H21NO3S/c1-3-26-19-14-13-16(15-20(19)27-4-2)23(25)24-17-9-5-7-11-21(17)28-22-12-8-6-10-18(22)24/h5-15H,3-4H2,1-2H3. The lowest BCUT2D eigenvalue weighted by Crippen LogP contribution is -2.28. The fourth-order valence-electron chi connectivity index (χ4n) is 3.24. The Morgan fingerprint density at radius 1 is 0.821 bits per heavy atom. The molecular weight excluding hydrogens is 370 g/mol. The van der Waals surface area contributed by atoms with Crippen LogP contribution in [0.25, 0.3) is 0 Å². The van der Waals surface area contributed by atoms with Crippen LogP contribution in [0.4, 0.5) is 11.4 Å². The quantitative estimate of drug-likeness (QED) is 0.540. The van der Waals surface area contributed by atoms with Gasteiger partial charge in [-0.05, 0) is 56.3 Å². The van der Waals surface area contributed by atoms with E-state index in [0.29, 0.717) is 30.3 Å². The Bertz CT molecular complexity index is 973. The molecule has 1 heterocycles. The van der Waals surface area contributed by atoms with Gasteiger partial charge in [0.05, 0.1) is 24.6 Å². The van der Waals surface area contributed by atoms with E-state index in [-0.39, 0.29) is 5.91 Å². The van der Waals surface area contributed by atoms with Gasteiger partial charge in [-0.1, -0.05) is 36.0 Å². The van der Waals surface area contributed by atoms with Gasteiger partial charge in [-0.15, -0.1) is 0 Å². The maximum atomic E-state index is 13.6. The number of carbonyl (C=O) groups excluding carboxylic acids is 1. The van der Waals surface area contributed by atoms with Crippen LogP contribution < -0.4 is 14.4 Å². The summed E-state index contributed by atoms with van der Waals surface area (Å²) in [6.45, 7) is 4.88. The van der Waals surface area contributed by atoms with Gasteiger partial charge in [0.25, 0.3) is 5.91 Å². The lowest BCUT2D eigenvalue weighted by atomic mass is 10.1. The number of amides is 1. The monoisotopic (exact) mass is 391 g/mol. The first-order valence-electron chi connectivity index (χ1n) is 9.33. The third-order valence-electron chi connectivity index (χ3n) is 4.43. The molecule has 0 spiro atoms. The van der Waals surface area contributed by atoms with Crippen molar-refractivity contribution in [1.29, 1.82) is 0 Å². The fourth-order valence-corrected chi connectivity index (χ4v) is 4.29. The van der Waals surface area contributed by atoms with E-state index >= 15 is 0 Å². The first-order valence-corrected chi connectivity index (χ1v) is 10.1. The molecule has 1 aliphatic rings. The van der Waals surface area contributed by atoms with Crippen molar-refractivity contribution >= 4 is 29.0 Å². The zero-order valence-electron chi connectivity index (χ0n) is 15.8. The first kappa shape index (κ1) is 18.4. The summed E-state index contributed by atoms with van der Waals surface area (Å²) in [6, 6.07) is 21.3. The maximum Gasteiger partial charge on any atom is 0.263 e. The Labute approximate surface area is 169 Å². The number of rotatable bonds is 5. The number of nitrogens with zero attached hydrogens (tertiary/aromatic N) is 1. The minimum Gasteiger partial charge on any atom is -0.490 e. The molecule has 1 amide bonds. The number of ether oxygens (including phenoxy) is 2. The highest BCUT2D eigenvalue weighted by molar-refractivity contribution is 7.99. The number of anilines is 2. The van der Waals surface area contributed by atoms with Crippen LogP contribution in [0.3, 0.4) is 0 Å². The minimum atomic E-state index is -0.0933. The van der Waals surface area contributed by atoms with Gasteiger partial charge in [-0.3, -0.25) is 9.69 Å². The van der Waals surface area contributed by atoms with E-state index in [1.165, 1.54) is 0 Å². The Balaban J connectivity index is 1.79. The molecule has 0 N–H and O–H groups in total. The molecular formula is C23H21NO3S. The van der Waals surface area contributed by atoms with Crippen molar-refractivity contribution in [2.75, 3.05) is 18.1 Å². The lowest BCUT2D eigenvalue weighted by Gasteiger charge is -2.31. The van der Waals surface area contributed by atoms with Gasteiger partial charge in [0.1, 0.15) is 0 Å². The highest BCUT2D eigenvalue weighted by atomic mass is 32.2. The van der Waals surface area contributed by atoms with Crippen LogP contribution in [0.5, 0.6) is 11.5 Å². The summed E-state index contributed by atoms with van der Waals surface area (Å²) in [5.74, 6) is 1.14. The lowest BCUT2D eigenvalue weighted by molar-refractivity contribution is 0.0997. The number of fused-ring (bicyclic) bond motifs is 2. The van der Waals surface area contributed by atoms with E-state index < -0.39 is 0 Å². The van der Waals surface area contributed by atoms with Crippen LogP contribution in [0, 0.1) is 0 Å². The summed E-state index contributed by atoms with van der Waals surface area (Å²) in [6.07, 6.45) is 0. The van der Waals surface area contributed by atoms with Crippen LogP contribution in [0.1, 0.15) is 24.2 Å². The third-order valence-corrected chi connectivity index (χ3v) is 5.56. The van der Waals surface area contributed by atoms with Crippen molar-refractivity contribution in [3.63, 3.8) is 0 Å². The Hall–Kier alpha value is -2.92. The number of hydrogen-bond acceptors (Lipinski definition) is 4. The molecule has 0 fully saturated rings. The summed E-state index contributed by atoms with van der Waals surface area (Å²) < 4.78 is 11.3. The van der Waals surface area contributed by atoms with E-state index in [4.69, 9.17) is 9.47 Å². The van der Waals surface area contributed by atoms with Gasteiger partial charge < -0.3 is 9.47 Å². The van der Waals surface area contributed by atoms with E-state index in [9.17, 15) is 4.79 Å². The van der Waals surface area contributed by atoms with Gasteiger partial charge in [-0.25, -0.2) is 0 Å². The van der Waals surface area contributed by atoms with Crippen molar-refractivity contribution in [3.8, 4) is 11.5 Å². The van der Waals surface area contributed by atoms with Crippen molar-refractivity contribution in [2.45, 2.75) is 23.6 Å². The van der Waals surface area contributed by atoms with Crippen molar-refractivity contribution in [3.05, 3.63) is 72.3 Å². The molecule has 0 saturated carbocycles. The zero-order chi connectivity index (χ0) is 19.5.